The third-order valence-corrected chi connectivity index (χ3v) is 7.83. The minimum Gasteiger partial charge on any atom is -0.350 e. The van der Waals surface area contributed by atoms with Crippen LogP contribution in [0.15, 0.2) is 35.1 Å². The first-order valence-electron chi connectivity index (χ1n) is 11.4. The summed E-state index contributed by atoms with van der Waals surface area (Å²) in [6, 6.07) is 11.9. The van der Waals surface area contributed by atoms with Crippen molar-refractivity contribution >= 4 is 32.7 Å². The van der Waals surface area contributed by atoms with Gasteiger partial charge in [-0.3, -0.25) is 14.2 Å². The molecule has 1 amide bonds. The third kappa shape index (κ3) is 3.78. The van der Waals surface area contributed by atoms with Crippen LogP contribution < -0.4 is 15.8 Å². The highest BCUT2D eigenvalue weighted by Gasteiger charge is 2.40. The van der Waals surface area contributed by atoms with E-state index in [1.165, 1.54) is 15.9 Å². The average Bonchev–Trinajstić information content (AvgIpc) is 3.59. The molecule has 1 aromatic carbocycles. The van der Waals surface area contributed by atoms with E-state index in [1.54, 1.807) is 7.05 Å². The normalized spacial score (nSPS) is 19.6. The minimum absolute atomic E-state index is 0.0356. The lowest BCUT2D eigenvalue weighted by molar-refractivity contribution is -0.122. The second-order valence-corrected chi connectivity index (χ2v) is 9.86. The molecular formula is C24H26N6O2S. The number of carbonyl (C=O) groups is 1. The van der Waals surface area contributed by atoms with Crippen LogP contribution in [0.25, 0.3) is 10.3 Å². The fraction of sp³-hybridized carbons (Fsp3) is 0.458. The number of nitriles is 1. The zero-order valence-corrected chi connectivity index (χ0v) is 19.4. The Bertz CT molecular complexity index is 1290. The molecule has 1 aliphatic heterocycles. The van der Waals surface area contributed by atoms with Gasteiger partial charge in [0.05, 0.1) is 6.07 Å². The Morgan fingerprint density at radius 3 is 2.73 bits per heavy atom. The lowest BCUT2D eigenvalue weighted by Crippen LogP contribution is -2.43. The largest absolute Gasteiger partial charge is 0.350 e. The van der Waals surface area contributed by atoms with Gasteiger partial charge in [0.15, 0.2) is 15.5 Å². The van der Waals surface area contributed by atoms with Gasteiger partial charge in [0.25, 0.3) is 5.56 Å². The van der Waals surface area contributed by atoms with Crippen LogP contribution in [0.1, 0.15) is 49.9 Å². The first kappa shape index (κ1) is 21.6. The first-order valence-corrected chi connectivity index (χ1v) is 12.2. The average molecular weight is 463 g/mol. The van der Waals surface area contributed by atoms with Crippen LogP contribution >= 0.6 is 11.3 Å². The summed E-state index contributed by atoms with van der Waals surface area (Å²) in [6.07, 6.45) is 4.98. The molecule has 0 bridgehead atoms. The van der Waals surface area contributed by atoms with Crippen molar-refractivity contribution in [2.45, 2.75) is 56.5 Å². The standard InChI is InChI=1S/C24H26N6O2S/c1-29-21(32)18-20(28-22(29)24(15-25)11-5-6-12-24)33-23(27-18)30-13-7-10-17(30)19(31)26-14-16-8-3-2-4-9-16/h2-4,8-9,17H,5-7,10-14H2,1H3,(H,26,31)/t17-/m1/s1. The predicted octanol–water partition coefficient (Wildman–Crippen LogP) is 3.01. The highest BCUT2D eigenvalue weighted by atomic mass is 32.1. The van der Waals surface area contributed by atoms with E-state index in [9.17, 15) is 14.9 Å². The van der Waals surface area contributed by atoms with Crippen molar-refractivity contribution in [2.75, 3.05) is 11.4 Å². The van der Waals surface area contributed by atoms with Gasteiger partial charge in [0, 0.05) is 20.1 Å². The van der Waals surface area contributed by atoms with E-state index in [0.717, 1.165) is 44.1 Å². The van der Waals surface area contributed by atoms with Crippen LogP contribution in [0.5, 0.6) is 0 Å². The number of carbonyl (C=O) groups excluding carboxylic acids is 1. The summed E-state index contributed by atoms with van der Waals surface area (Å²) in [6.45, 7) is 1.18. The fourth-order valence-electron chi connectivity index (χ4n) is 5.03. The van der Waals surface area contributed by atoms with E-state index >= 15 is 0 Å². The minimum atomic E-state index is -0.709. The first-order chi connectivity index (χ1) is 16.0. The van der Waals surface area contributed by atoms with Crippen molar-refractivity contribution in [3.8, 4) is 6.07 Å². The third-order valence-electron chi connectivity index (χ3n) is 6.84. The van der Waals surface area contributed by atoms with Gasteiger partial charge in [-0.05, 0) is 31.2 Å². The van der Waals surface area contributed by atoms with Crippen molar-refractivity contribution in [3.63, 3.8) is 0 Å². The Hall–Kier alpha value is -3.25. The van der Waals surface area contributed by atoms with Crippen molar-refractivity contribution in [1.29, 1.82) is 5.26 Å². The lowest BCUT2D eigenvalue weighted by atomic mass is 9.87. The molecule has 3 aromatic rings. The SMILES string of the molecule is Cn1c(C2(C#N)CCCC2)nc2sc(N3CCC[C@@H]3C(=O)NCc3ccccc3)nc2c1=O. The maximum Gasteiger partial charge on any atom is 0.280 e. The molecule has 1 N–H and O–H groups in total. The second-order valence-electron chi connectivity index (χ2n) is 8.91. The summed E-state index contributed by atoms with van der Waals surface area (Å²) >= 11 is 1.34. The molecule has 33 heavy (non-hydrogen) atoms. The number of hydrogen-bond donors (Lipinski definition) is 1. The fourth-order valence-corrected chi connectivity index (χ4v) is 6.04. The number of hydrogen-bond acceptors (Lipinski definition) is 7. The smallest absolute Gasteiger partial charge is 0.280 e. The van der Waals surface area contributed by atoms with Crippen LogP contribution in [0.4, 0.5) is 5.13 Å². The number of benzene rings is 1. The number of fused-ring (bicyclic) bond motifs is 1. The van der Waals surface area contributed by atoms with E-state index in [-0.39, 0.29) is 17.5 Å². The number of anilines is 1. The number of thiazole rings is 1. The number of amides is 1. The van der Waals surface area contributed by atoms with Crippen LogP contribution in [0, 0.1) is 11.3 Å². The molecule has 2 aromatic heterocycles. The highest BCUT2D eigenvalue weighted by Crippen LogP contribution is 2.40. The molecule has 5 rings (SSSR count). The highest BCUT2D eigenvalue weighted by molar-refractivity contribution is 7.21. The molecule has 0 unspecified atom stereocenters. The van der Waals surface area contributed by atoms with Crippen molar-refractivity contribution in [2.24, 2.45) is 7.05 Å². The van der Waals surface area contributed by atoms with E-state index in [0.29, 0.717) is 34.4 Å². The van der Waals surface area contributed by atoms with E-state index in [4.69, 9.17) is 4.98 Å². The van der Waals surface area contributed by atoms with Gasteiger partial charge >= 0.3 is 0 Å². The summed E-state index contributed by atoms with van der Waals surface area (Å²) in [5.41, 5.74) is 0.416. The molecule has 1 saturated carbocycles. The monoisotopic (exact) mass is 462 g/mol. The zero-order valence-electron chi connectivity index (χ0n) is 18.6. The molecule has 1 atom stereocenters. The molecule has 1 aliphatic carbocycles. The Morgan fingerprint density at radius 2 is 2.00 bits per heavy atom. The Morgan fingerprint density at radius 1 is 1.24 bits per heavy atom. The van der Waals surface area contributed by atoms with Crippen molar-refractivity contribution in [3.05, 3.63) is 52.1 Å². The van der Waals surface area contributed by atoms with E-state index in [1.807, 2.05) is 35.2 Å². The van der Waals surface area contributed by atoms with Gasteiger partial charge in [-0.1, -0.05) is 54.5 Å². The molecular weight excluding hydrogens is 436 g/mol. The van der Waals surface area contributed by atoms with E-state index in [2.05, 4.69) is 16.4 Å². The number of aromatic nitrogens is 3. The summed E-state index contributed by atoms with van der Waals surface area (Å²) in [4.78, 5) is 38.0. The molecule has 0 radical (unpaired) electrons. The van der Waals surface area contributed by atoms with Gasteiger partial charge in [-0.15, -0.1) is 0 Å². The molecule has 2 fully saturated rings. The molecule has 170 valence electrons. The van der Waals surface area contributed by atoms with E-state index < -0.39 is 5.41 Å². The van der Waals surface area contributed by atoms with Gasteiger partial charge in [0.1, 0.15) is 17.3 Å². The van der Waals surface area contributed by atoms with Crippen LogP contribution in [0.2, 0.25) is 0 Å². The van der Waals surface area contributed by atoms with Gasteiger partial charge in [-0.25, -0.2) is 9.97 Å². The summed E-state index contributed by atoms with van der Waals surface area (Å²) < 4.78 is 1.49. The Balaban J connectivity index is 1.43. The predicted molar refractivity (Wildman–Crippen MR) is 127 cm³/mol. The number of nitrogens with zero attached hydrogens (tertiary/aromatic N) is 5. The van der Waals surface area contributed by atoms with Crippen molar-refractivity contribution < 1.29 is 4.79 Å². The number of rotatable bonds is 5. The molecule has 0 spiro atoms. The quantitative estimate of drug-likeness (QED) is 0.625. The summed E-state index contributed by atoms with van der Waals surface area (Å²) in [5, 5.41) is 13.6. The molecule has 1 saturated heterocycles. The maximum atomic E-state index is 13.1. The lowest BCUT2D eigenvalue weighted by Gasteiger charge is -2.23. The van der Waals surface area contributed by atoms with Crippen LogP contribution in [0.3, 0.4) is 0 Å². The molecule has 3 heterocycles. The van der Waals surface area contributed by atoms with Gasteiger partial charge in [-0.2, -0.15) is 5.26 Å². The van der Waals surface area contributed by atoms with Gasteiger partial charge in [0.2, 0.25) is 5.91 Å². The topological polar surface area (TPSA) is 104 Å². The number of nitrogens with one attached hydrogen (secondary N) is 1. The Kier molecular flexibility index (Phi) is 5.62. The van der Waals surface area contributed by atoms with Crippen molar-refractivity contribution in [1.82, 2.24) is 19.9 Å². The zero-order chi connectivity index (χ0) is 23.0. The summed E-state index contributed by atoms with van der Waals surface area (Å²) in [7, 11) is 1.68. The maximum absolute atomic E-state index is 13.1. The van der Waals surface area contributed by atoms with Gasteiger partial charge < -0.3 is 10.2 Å². The molecule has 8 nitrogen and oxygen atoms in total. The molecule has 2 aliphatic rings. The molecule has 9 heteroatoms. The van der Waals surface area contributed by atoms with Crippen LogP contribution in [-0.2, 0) is 23.8 Å². The second kappa shape index (κ2) is 8.60. The summed E-state index contributed by atoms with van der Waals surface area (Å²) in [5.74, 6) is 0.500. The van der Waals surface area contributed by atoms with Crippen LogP contribution in [-0.4, -0.2) is 33.0 Å². The Labute approximate surface area is 195 Å².